The number of rotatable bonds is 7. The first-order valence-electron chi connectivity index (χ1n) is 9.45. The van der Waals surface area contributed by atoms with E-state index in [4.69, 9.17) is 9.47 Å². The van der Waals surface area contributed by atoms with Gasteiger partial charge in [-0.2, -0.15) is 0 Å². The van der Waals surface area contributed by atoms with E-state index >= 15 is 0 Å². The Kier molecular flexibility index (Phi) is 7.93. The second kappa shape index (κ2) is 10.2. The van der Waals surface area contributed by atoms with Gasteiger partial charge >= 0.3 is 0 Å². The van der Waals surface area contributed by atoms with Crippen LogP contribution in [0.2, 0.25) is 0 Å². The third-order valence-electron chi connectivity index (χ3n) is 4.39. The highest BCUT2D eigenvalue weighted by Crippen LogP contribution is 2.29. The maximum atomic E-state index is 12.8. The number of hydrogen-bond donors (Lipinski definition) is 0. The molecule has 1 aromatic rings. The van der Waals surface area contributed by atoms with Crippen molar-refractivity contribution in [3.05, 3.63) is 23.8 Å². The lowest BCUT2D eigenvalue weighted by molar-refractivity contribution is 0.0742. The van der Waals surface area contributed by atoms with Crippen LogP contribution >= 0.6 is 0 Å². The number of benzene rings is 1. The van der Waals surface area contributed by atoms with Crippen molar-refractivity contribution in [2.75, 3.05) is 26.3 Å². The average Bonchev–Trinajstić information content (AvgIpc) is 2.56. The molecule has 0 aliphatic carbocycles. The predicted octanol–water partition coefficient (Wildman–Crippen LogP) is 4.67. The van der Waals surface area contributed by atoms with Gasteiger partial charge in [0.05, 0.1) is 13.2 Å². The molecule has 1 aromatic carbocycles. The van der Waals surface area contributed by atoms with Gasteiger partial charge in [-0.25, -0.2) is 0 Å². The fraction of sp³-hybridized carbons (Fsp3) is 0.650. The molecule has 1 fully saturated rings. The Balaban J connectivity index is 2.10. The van der Waals surface area contributed by atoms with Crippen LogP contribution in [-0.4, -0.2) is 37.1 Å². The van der Waals surface area contributed by atoms with Crippen LogP contribution in [0.4, 0.5) is 0 Å². The molecule has 24 heavy (non-hydrogen) atoms. The van der Waals surface area contributed by atoms with Crippen LogP contribution in [0, 0.1) is 0 Å². The second-order valence-electron chi connectivity index (χ2n) is 6.36. The normalized spacial score (nSPS) is 15.5. The highest BCUT2D eigenvalue weighted by atomic mass is 16.5. The number of nitrogens with zero attached hydrogens (tertiary/aromatic N) is 1. The Bertz CT molecular complexity index is 508. The van der Waals surface area contributed by atoms with Gasteiger partial charge in [0.1, 0.15) is 0 Å². The molecule has 1 heterocycles. The summed E-state index contributed by atoms with van der Waals surface area (Å²) in [5.41, 5.74) is 0.696. The van der Waals surface area contributed by atoms with Gasteiger partial charge in [0.25, 0.3) is 5.91 Å². The van der Waals surface area contributed by atoms with Gasteiger partial charge in [-0.1, -0.05) is 32.6 Å². The summed E-state index contributed by atoms with van der Waals surface area (Å²) in [5, 5.41) is 0. The molecule has 134 valence electrons. The van der Waals surface area contributed by atoms with Crippen molar-refractivity contribution < 1.29 is 14.3 Å². The Morgan fingerprint density at radius 2 is 1.71 bits per heavy atom. The summed E-state index contributed by atoms with van der Waals surface area (Å²) in [6.45, 7) is 7.04. The van der Waals surface area contributed by atoms with Crippen LogP contribution in [-0.2, 0) is 0 Å². The Labute approximate surface area is 146 Å². The van der Waals surface area contributed by atoms with Crippen LogP contribution in [0.25, 0.3) is 0 Å². The first-order chi connectivity index (χ1) is 11.8. The summed E-state index contributed by atoms with van der Waals surface area (Å²) in [5.74, 6) is 1.51. The van der Waals surface area contributed by atoms with E-state index in [0.29, 0.717) is 24.5 Å². The summed E-state index contributed by atoms with van der Waals surface area (Å²) < 4.78 is 11.5. The van der Waals surface area contributed by atoms with E-state index in [-0.39, 0.29) is 5.91 Å². The summed E-state index contributed by atoms with van der Waals surface area (Å²) in [7, 11) is 0. The molecule has 0 radical (unpaired) electrons. The van der Waals surface area contributed by atoms with E-state index in [1.165, 1.54) is 19.3 Å². The molecule has 1 aliphatic heterocycles. The van der Waals surface area contributed by atoms with E-state index in [1.807, 2.05) is 30.0 Å². The van der Waals surface area contributed by atoms with E-state index in [9.17, 15) is 4.79 Å². The molecule has 0 bridgehead atoms. The molecule has 0 N–H and O–H groups in total. The standard InChI is InChI=1S/C20H31NO3/c1-3-5-15-24-18-12-11-17(16-19(18)23-4-2)20(22)21-13-9-7-6-8-10-14-21/h11-12,16H,3-10,13-15H2,1-2H3. The summed E-state index contributed by atoms with van der Waals surface area (Å²) in [6, 6.07) is 5.58. The highest BCUT2D eigenvalue weighted by molar-refractivity contribution is 5.95. The molecule has 0 aromatic heterocycles. The van der Waals surface area contributed by atoms with Gasteiger partial charge < -0.3 is 14.4 Å². The quantitative estimate of drug-likeness (QED) is 0.681. The molecule has 4 heteroatoms. The Hall–Kier alpha value is -1.71. The minimum atomic E-state index is 0.109. The third kappa shape index (κ3) is 5.43. The van der Waals surface area contributed by atoms with Crippen molar-refractivity contribution in [3.63, 3.8) is 0 Å². The van der Waals surface area contributed by atoms with Crippen LogP contribution in [0.3, 0.4) is 0 Å². The molecule has 0 saturated carbocycles. The first kappa shape index (κ1) is 18.6. The van der Waals surface area contributed by atoms with Crippen LogP contribution in [0.15, 0.2) is 18.2 Å². The van der Waals surface area contributed by atoms with Crippen molar-refractivity contribution in [1.82, 2.24) is 4.90 Å². The number of likely N-dealkylation sites (tertiary alicyclic amines) is 1. The molecule has 0 spiro atoms. The summed E-state index contributed by atoms with van der Waals surface area (Å²) in [6.07, 6.45) is 8.04. The van der Waals surface area contributed by atoms with E-state index in [1.54, 1.807) is 0 Å². The second-order valence-corrected chi connectivity index (χ2v) is 6.36. The van der Waals surface area contributed by atoms with Crippen molar-refractivity contribution >= 4 is 5.91 Å². The van der Waals surface area contributed by atoms with Gasteiger partial charge in [-0.05, 0) is 44.4 Å². The van der Waals surface area contributed by atoms with Crippen molar-refractivity contribution in [3.8, 4) is 11.5 Å². The summed E-state index contributed by atoms with van der Waals surface area (Å²) >= 11 is 0. The number of unbranched alkanes of at least 4 members (excludes halogenated alkanes) is 1. The minimum Gasteiger partial charge on any atom is -0.490 e. The number of ether oxygens (including phenoxy) is 2. The molecule has 0 atom stereocenters. The van der Waals surface area contributed by atoms with Gasteiger partial charge in [0.15, 0.2) is 11.5 Å². The molecule has 4 nitrogen and oxygen atoms in total. The van der Waals surface area contributed by atoms with Crippen molar-refractivity contribution in [2.45, 2.75) is 58.8 Å². The monoisotopic (exact) mass is 333 g/mol. The highest BCUT2D eigenvalue weighted by Gasteiger charge is 2.18. The Morgan fingerprint density at radius 1 is 1.00 bits per heavy atom. The molecule has 1 amide bonds. The first-order valence-corrected chi connectivity index (χ1v) is 9.45. The largest absolute Gasteiger partial charge is 0.490 e. The van der Waals surface area contributed by atoms with E-state index in [0.717, 1.165) is 44.5 Å². The molecule has 2 rings (SSSR count). The maximum absolute atomic E-state index is 12.8. The number of amides is 1. The minimum absolute atomic E-state index is 0.109. The van der Waals surface area contributed by atoms with Gasteiger partial charge in [0.2, 0.25) is 0 Å². The van der Waals surface area contributed by atoms with Gasteiger partial charge in [-0.3, -0.25) is 4.79 Å². The molecule has 0 unspecified atom stereocenters. The van der Waals surface area contributed by atoms with E-state index in [2.05, 4.69) is 6.92 Å². The third-order valence-corrected chi connectivity index (χ3v) is 4.39. The predicted molar refractivity (Wildman–Crippen MR) is 97.0 cm³/mol. The van der Waals surface area contributed by atoms with Crippen LogP contribution < -0.4 is 9.47 Å². The van der Waals surface area contributed by atoms with Crippen LogP contribution in [0.1, 0.15) is 69.2 Å². The number of hydrogen-bond acceptors (Lipinski definition) is 3. The lowest BCUT2D eigenvalue weighted by atomic mass is 10.1. The number of carbonyl (C=O) groups is 1. The smallest absolute Gasteiger partial charge is 0.253 e. The SMILES string of the molecule is CCCCOc1ccc(C(=O)N2CCCCCCC2)cc1OCC. The zero-order chi connectivity index (χ0) is 17.2. The summed E-state index contributed by atoms with van der Waals surface area (Å²) in [4.78, 5) is 14.8. The molecule has 1 saturated heterocycles. The fourth-order valence-corrected chi connectivity index (χ4v) is 2.99. The molecule has 1 aliphatic rings. The topological polar surface area (TPSA) is 38.8 Å². The molecular weight excluding hydrogens is 302 g/mol. The van der Waals surface area contributed by atoms with Gasteiger partial charge in [0, 0.05) is 18.7 Å². The lowest BCUT2D eigenvalue weighted by Crippen LogP contribution is -2.33. The van der Waals surface area contributed by atoms with Gasteiger partial charge in [-0.15, -0.1) is 0 Å². The zero-order valence-electron chi connectivity index (χ0n) is 15.2. The average molecular weight is 333 g/mol. The van der Waals surface area contributed by atoms with E-state index < -0.39 is 0 Å². The van der Waals surface area contributed by atoms with Crippen molar-refractivity contribution in [2.24, 2.45) is 0 Å². The van der Waals surface area contributed by atoms with Crippen molar-refractivity contribution in [1.29, 1.82) is 0 Å². The van der Waals surface area contributed by atoms with Crippen LogP contribution in [0.5, 0.6) is 11.5 Å². The lowest BCUT2D eigenvalue weighted by Gasteiger charge is -2.25. The fourth-order valence-electron chi connectivity index (χ4n) is 2.99. The zero-order valence-corrected chi connectivity index (χ0v) is 15.2. The molecular formula is C20H31NO3. The maximum Gasteiger partial charge on any atom is 0.253 e. The number of carbonyl (C=O) groups excluding carboxylic acids is 1. The Morgan fingerprint density at radius 3 is 2.38 bits per heavy atom.